The maximum absolute atomic E-state index is 13.0. The molecular formula is C7H7ClF2N2S. The van der Waals surface area contributed by atoms with Gasteiger partial charge in [0.25, 0.3) is 5.92 Å². The number of aromatic nitrogens is 1. The monoisotopic (exact) mass is 224 g/mol. The normalized spacial score (nSPS) is 30.5. The van der Waals surface area contributed by atoms with Crippen LogP contribution in [0.25, 0.3) is 0 Å². The summed E-state index contributed by atoms with van der Waals surface area (Å²) in [6.07, 6.45) is 1.20. The van der Waals surface area contributed by atoms with Gasteiger partial charge in [-0.1, -0.05) is 11.6 Å². The van der Waals surface area contributed by atoms with E-state index >= 15 is 0 Å². The molecule has 1 saturated carbocycles. The van der Waals surface area contributed by atoms with Gasteiger partial charge in [-0.15, -0.1) is 11.3 Å². The fourth-order valence-corrected chi connectivity index (χ4v) is 2.59. The van der Waals surface area contributed by atoms with Crippen LogP contribution in [-0.2, 0) is 5.41 Å². The van der Waals surface area contributed by atoms with Crippen LogP contribution in [0.15, 0.2) is 6.20 Å². The van der Waals surface area contributed by atoms with E-state index in [4.69, 9.17) is 17.3 Å². The summed E-state index contributed by atoms with van der Waals surface area (Å²) in [4.78, 5) is 4.22. The van der Waals surface area contributed by atoms with E-state index in [1.54, 1.807) is 0 Å². The van der Waals surface area contributed by atoms with Crippen LogP contribution in [0.4, 0.5) is 8.78 Å². The van der Waals surface area contributed by atoms with E-state index in [2.05, 4.69) is 4.98 Å². The van der Waals surface area contributed by atoms with Crippen molar-refractivity contribution in [2.45, 2.75) is 17.8 Å². The summed E-state index contributed by atoms with van der Waals surface area (Å²) in [7, 11) is 0. The Morgan fingerprint density at radius 1 is 1.69 bits per heavy atom. The minimum absolute atomic E-state index is 0.0570. The Labute approximate surface area is 82.7 Å². The van der Waals surface area contributed by atoms with E-state index in [1.165, 1.54) is 6.20 Å². The maximum atomic E-state index is 13.0. The Morgan fingerprint density at radius 3 is 2.62 bits per heavy atom. The van der Waals surface area contributed by atoms with Gasteiger partial charge in [-0.2, -0.15) is 0 Å². The molecule has 1 atom stereocenters. The van der Waals surface area contributed by atoms with Gasteiger partial charge >= 0.3 is 0 Å². The summed E-state index contributed by atoms with van der Waals surface area (Å²) < 4.78 is 26.3. The second-order valence-corrected chi connectivity index (χ2v) is 4.76. The number of thiazole rings is 1. The van der Waals surface area contributed by atoms with Gasteiger partial charge in [0, 0.05) is 24.0 Å². The first kappa shape index (κ1) is 9.30. The molecule has 1 aliphatic carbocycles. The minimum atomic E-state index is -2.68. The zero-order valence-corrected chi connectivity index (χ0v) is 8.13. The highest BCUT2D eigenvalue weighted by molar-refractivity contribution is 7.15. The Morgan fingerprint density at radius 2 is 2.31 bits per heavy atom. The predicted molar refractivity (Wildman–Crippen MR) is 47.4 cm³/mol. The maximum Gasteiger partial charge on any atom is 0.261 e. The molecule has 1 aromatic rings. The molecule has 1 heterocycles. The first-order chi connectivity index (χ1) is 6.02. The van der Waals surface area contributed by atoms with Crippen molar-refractivity contribution in [3.05, 3.63) is 15.5 Å². The van der Waals surface area contributed by atoms with Gasteiger partial charge in [0.15, 0.2) is 4.47 Å². The highest BCUT2D eigenvalue weighted by Gasteiger charge is 2.72. The number of hydrogen-bond acceptors (Lipinski definition) is 3. The van der Waals surface area contributed by atoms with E-state index < -0.39 is 11.3 Å². The molecule has 0 aliphatic heterocycles. The zero-order chi connectivity index (χ0) is 9.69. The number of rotatable bonds is 2. The fraction of sp³-hybridized carbons (Fsp3) is 0.571. The van der Waals surface area contributed by atoms with Gasteiger partial charge in [0.05, 0.1) is 5.41 Å². The second kappa shape index (κ2) is 2.62. The second-order valence-electron chi connectivity index (χ2n) is 3.14. The molecule has 2 rings (SSSR count). The summed E-state index contributed by atoms with van der Waals surface area (Å²) in [6.45, 7) is -0.0570. The predicted octanol–water partition coefficient (Wildman–Crippen LogP) is 2.03. The zero-order valence-electron chi connectivity index (χ0n) is 6.56. The molecule has 0 aromatic carbocycles. The topological polar surface area (TPSA) is 38.9 Å². The molecule has 0 saturated heterocycles. The molecule has 0 radical (unpaired) electrons. The van der Waals surface area contributed by atoms with Gasteiger partial charge in [-0.25, -0.2) is 13.8 Å². The van der Waals surface area contributed by atoms with Crippen molar-refractivity contribution in [3.63, 3.8) is 0 Å². The van der Waals surface area contributed by atoms with Crippen molar-refractivity contribution in [2.24, 2.45) is 5.73 Å². The van der Waals surface area contributed by atoms with Gasteiger partial charge in [0.1, 0.15) is 0 Å². The van der Waals surface area contributed by atoms with E-state index in [-0.39, 0.29) is 17.4 Å². The quantitative estimate of drug-likeness (QED) is 0.835. The third-order valence-electron chi connectivity index (χ3n) is 2.40. The fourth-order valence-electron chi connectivity index (χ4n) is 1.40. The van der Waals surface area contributed by atoms with E-state index in [0.717, 1.165) is 11.3 Å². The first-order valence-electron chi connectivity index (χ1n) is 3.71. The average molecular weight is 225 g/mol. The first-order valence-corrected chi connectivity index (χ1v) is 4.91. The van der Waals surface area contributed by atoms with Crippen molar-refractivity contribution in [2.75, 3.05) is 6.54 Å². The molecule has 0 bridgehead atoms. The smallest absolute Gasteiger partial charge is 0.261 e. The molecule has 0 amide bonds. The summed E-state index contributed by atoms with van der Waals surface area (Å²) in [5, 5.41) is 0. The van der Waals surface area contributed by atoms with Crippen LogP contribution >= 0.6 is 22.9 Å². The van der Waals surface area contributed by atoms with Crippen LogP contribution in [0, 0.1) is 0 Å². The summed E-state index contributed by atoms with van der Waals surface area (Å²) in [5.74, 6) is -2.68. The van der Waals surface area contributed by atoms with Gasteiger partial charge in [-0.3, -0.25) is 0 Å². The average Bonchev–Trinajstić information content (AvgIpc) is 2.43. The Bertz CT molecular complexity index is 341. The molecule has 72 valence electrons. The molecule has 1 unspecified atom stereocenters. The van der Waals surface area contributed by atoms with Crippen LogP contribution in [0.1, 0.15) is 11.3 Å². The Hall–Kier alpha value is -0.260. The number of hydrogen-bond donors (Lipinski definition) is 1. The highest BCUT2D eigenvalue weighted by Crippen LogP contribution is 2.62. The van der Waals surface area contributed by atoms with Crippen molar-refractivity contribution >= 4 is 22.9 Å². The van der Waals surface area contributed by atoms with Crippen molar-refractivity contribution in [3.8, 4) is 0 Å². The largest absolute Gasteiger partial charge is 0.329 e. The highest BCUT2D eigenvalue weighted by atomic mass is 35.5. The third-order valence-corrected chi connectivity index (χ3v) is 3.72. The molecule has 1 aliphatic rings. The molecule has 6 heteroatoms. The number of nitrogens with zero attached hydrogens (tertiary/aromatic N) is 1. The lowest BCUT2D eigenvalue weighted by molar-refractivity contribution is 0.0904. The molecule has 1 fully saturated rings. The van der Waals surface area contributed by atoms with Crippen LogP contribution in [-0.4, -0.2) is 17.5 Å². The van der Waals surface area contributed by atoms with E-state index in [9.17, 15) is 8.78 Å². The van der Waals surface area contributed by atoms with Crippen LogP contribution in [0.3, 0.4) is 0 Å². The van der Waals surface area contributed by atoms with Gasteiger partial charge in [-0.05, 0) is 0 Å². The summed E-state index contributed by atoms with van der Waals surface area (Å²) in [6, 6.07) is 0. The van der Waals surface area contributed by atoms with E-state index in [0.29, 0.717) is 4.88 Å². The Balaban J connectivity index is 2.35. The lowest BCUT2D eigenvalue weighted by Crippen LogP contribution is -2.25. The number of halogens is 3. The number of nitrogens with two attached hydrogens (primary N) is 1. The molecule has 2 N–H and O–H groups in total. The molecular weight excluding hydrogens is 218 g/mol. The molecule has 0 spiro atoms. The molecule has 13 heavy (non-hydrogen) atoms. The van der Waals surface area contributed by atoms with Crippen molar-refractivity contribution in [1.82, 2.24) is 4.98 Å². The van der Waals surface area contributed by atoms with Crippen molar-refractivity contribution < 1.29 is 8.78 Å². The van der Waals surface area contributed by atoms with Gasteiger partial charge < -0.3 is 5.73 Å². The summed E-state index contributed by atoms with van der Waals surface area (Å²) >= 11 is 6.64. The minimum Gasteiger partial charge on any atom is -0.329 e. The Kier molecular flexibility index (Phi) is 1.87. The molecule has 1 aromatic heterocycles. The SMILES string of the molecule is NCC1(c2cnc(Cl)s2)CC1(F)F. The lowest BCUT2D eigenvalue weighted by atomic mass is 10.1. The number of alkyl halides is 2. The third kappa shape index (κ3) is 1.18. The standard InChI is InChI=1S/C7H7ClF2N2S/c8-5-12-1-4(13-5)6(3-11)2-7(6,9)10/h1H,2-3,11H2. The van der Waals surface area contributed by atoms with Crippen LogP contribution in [0.5, 0.6) is 0 Å². The van der Waals surface area contributed by atoms with E-state index in [1.807, 2.05) is 0 Å². The lowest BCUT2D eigenvalue weighted by Gasteiger charge is -2.09. The van der Waals surface area contributed by atoms with Gasteiger partial charge in [0.2, 0.25) is 0 Å². The van der Waals surface area contributed by atoms with Crippen molar-refractivity contribution in [1.29, 1.82) is 0 Å². The van der Waals surface area contributed by atoms with Crippen LogP contribution < -0.4 is 5.73 Å². The van der Waals surface area contributed by atoms with Crippen LogP contribution in [0.2, 0.25) is 4.47 Å². The molecule has 2 nitrogen and oxygen atoms in total. The summed E-state index contributed by atoms with van der Waals surface area (Å²) in [5.41, 5.74) is 4.16.